The van der Waals surface area contributed by atoms with E-state index in [1.165, 1.54) is 31.2 Å². The van der Waals surface area contributed by atoms with E-state index in [1.807, 2.05) is 12.1 Å². The van der Waals surface area contributed by atoms with E-state index < -0.39 is 0 Å². The molecule has 3 heteroatoms. The molecular weight excluding hydrogens is 278 g/mol. The lowest BCUT2D eigenvalue weighted by Gasteiger charge is -2.25. The highest BCUT2D eigenvalue weighted by Gasteiger charge is 2.46. The van der Waals surface area contributed by atoms with Crippen LogP contribution in [0.25, 0.3) is 0 Å². The van der Waals surface area contributed by atoms with Crippen LogP contribution in [0.2, 0.25) is 0 Å². The van der Waals surface area contributed by atoms with Gasteiger partial charge < -0.3 is 5.32 Å². The predicted molar refractivity (Wildman–Crippen MR) is 72.2 cm³/mol. The van der Waals surface area contributed by atoms with Gasteiger partial charge in [0.15, 0.2) is 0 Å². The number of hydrogen-bond donors (Lipinski definition) is 1. The average Bonchev–Trinajstić information content (AvgIpc) is 2.52. The van der Waals surface area contributed by atoms with Gasteiger partial charge in [-0.15, -0.1) is 0 Å². The van der Waals surface area contributed by atoms with Gasteiger partial charge in [-0.05, 0) is 36.6 Å². The van der Waals surface area contributed by atoms with Gasteiger partial charge in [-0.25, -0.2) is 0 Å². The minimum absolute atomic E-state index is 0.215. The van der Waals surface area contributed by atoms with Crippen molar-refractivity contribution in [2.75, 3.05) is 5.32 Å². The molecule has 1 fully saturated rings. The van der Waals surface area contributed by atoms with Crippen LogP contribution in [-0.2, 0) is 10.2 Å². The van der Waals surface area contributed by atoms with E-state index in [0.717, 1.165) is 23.0 Å². The van der Waals surface area contributed by atoms with Gasteiger partial charge in [0, 0.05) is 10.2 Å². The first-order valence-electron chi connectivity index (χ1n) is 6.34. The van der Waals surface area contributed by atoms with Crippen LogP contribution in [0.4, 0.5) is 5.69 Å². The monoisotopic (exact) mass is 293 g/mol. The lowest BCUT2D eigenvalue weighted by atomic mass is 9.75. The molecule has 0 aromatic heterocycles. The van der Waals surface area contributed by atoms with Gasteiger partial charge in [-0.2, -0.15) is 0 Å². The van der Waals surface area contributed by atoms with E-state index >= 15 is 0 Å². The molecule has 0 unspecified atom stereocenters. The largest absolute Gasteiger partial charge is 0.325 e. The molecule has 0 bridgehead atoms. The van der Waals surface area contributed by atoms with Crippen molar-refractivity contribution in [3.05, 3.63) is 28.2 Å². The van der Waals surface area contributed by atoms with Crippen molar-refractivity contribution in [2.24, 2.45) is 0 Å². The van der Waals surface area contributed by atoms with E-state index in [2.05, 4.69) is 27.3 Å². The zero-order valence-electron chi connectivity index (χ0n) is 9.76. The van der Waals surface area contributed by atoms with Crippen molar-refractivity contribution in [3.63, 3.8) is 0 Å². The number of halogens is 1. The second-order valence-corrected chi connectivity index (χ2v) is 6.06. The Morgan fingerprint density at radius 2 is 1.82 bits per heavy atom. The van der Waals surface area contributed by atoms with Gasteiger partial charge in [0.1, 0.15) is 0 Å². The van der Waals surface area contributed by atoms with Crippen molar-refractivity contribution in [3.8, 4) is 0 Å². The number of rotatable bonds is 0. The Hall–Kier alpha value is -0.830. The van der Waals surface area contributed by atoms with Gasteiger partial charge in [0.2, 0.25) is 5.91 Å². The third-order valence-electron chi connectivity index (χ3n) is 4.14. The summed E-state index contributed by atoms with van der Waals surface area (Å²) in [5.74, 6) is 0.215. The standard InChI is InChI=1S/C14H16BrNO/c15-10-5-6-12-11(9-10)14(13(17)16-12)7-3-1-2-4-8-14/h5-6,9H,1-4,7-8H2,(H,16,17). The molecule has 90 valence electrons. The Labute approximate surface area is 110 Å². The molecule has 1 aliphatic heterocycles. The van der Waals surface area contributed by atoms with Crippen molar-refractivity contribution < 1.29 is 4.79 Å². The van der Waals surface area contributed by atoms with Gasteiger partial charge in [-0.1, -0.05) is 41.6 Å². The number of carbonyl (C=O) groups excluding carboxylic acids is 1. The maximum Gasteiger partial charge on any atom is 0.235 e. The molecule has 2 aliphatic rings. The minimum Gasteiger partial charge on any atom is -0.325 e. The van der Waals surface area contributed by atoms with E-state index in [0.29, 0.717) is 0 Å². The highest BCUT2D eigenvalue weighted by atomic mass is 79.9. The second-order valence-electron chi connectivity index (χ2n) is 5.14. The Morgan fingerprint density at radius 1 is 1.12 bits per heavy atom. The molecule has 1 amide bonds. The molecule has 1 spiro atoms. The molecule has 0 saturated heterocycles. The second kappa shape index (κ2) is 4.13. The maximum atomic E-state index is 12.3. The molecule has 1 N–H and O–H groups in total. The molecule has 1 aromatic rings. The number of nitrogens with one attached hydrogen (secondary N) is 1. The van der Waals surface area contributed by atoms with Crippen LogP contribution in [0, 0.1) is 0 Å². The van der Waals surface area contributed by atoms with Crippen LogP contribution in [0.1, 0.15) is 44.1 Å². The maximum absolute atomic E-state index is 12.3. The Morgan fingerprint density at radius 3 is 2.53 bits per heavy atom. The van der Waals surface area contributed by atoms with Crippen molar-refractivity contribution in [1.82, 2.24) is 0 Å². The predicted octanol–water partition coefficient (Wildman–Crippen LogP) is 3.99. The zero-order chi connectivity index (χ0) is 11.9. The van der Waals surface area contributed by atoms with Gasteiger partial charge >= 0.3 is 0 Å². The lowest BCUT2D eigenvalue weighted by molar-refractivity contribution is -0.121. The number of fused-ring (bicyclic) bond motifs is 2. The Kier molecular flexibility index (Phi) is 2.74. The molecule has 1 saturated carbocycles. The zero-order valence-corrected chi connectivity index (χ0v) is 11.3. The third-order valence-corrected chi connectivity index (χ3v) is 4.63. The number of amides is 1. The first kappa shape index (κ1) is 11.3. The highest BCUT2D eigenvalue weighted by Crippen LogP contribution is 2.47. The van der Waals surface area contributed by atoms with Gasteiger partial charge in [0.05, 0.1) is 5.41 Å². The first-order chi connectivity index (χ1) is 8.22. The number of carbonyl (C=O) groups is 1. The van der Waals surface area contributed by atoms with Crippen LogP contribution in [-0.4, -0.2) is 5.91 Å². The molecule has 1 aliphatic carbocycles. The van der Waals surface area contributed by atoms with Crippen LogP contribution < -0.4 is 5.32 Å². The summed E-state index contributed by atoms with van der Waals surface area (Å²) in [6.45, 7) is 0. The van der Waals surface area contributed by atoms with Crippen LogP contribution in [0.15, 0.2) is 22.7 Å². The number of anilines is 1. The summed E-state index contributed by atoms with van der Waals surface area (Å²) >= 11 is 3.52. The summed E-state index contributed by atoms with van der Waals surface area (Å²) in [6, 6.07) is 6.13. The van der Waals surface area contributed by atoms with Gasteiger partial charge in [0.25, 0.3) is 0 Å². The highest BCUT2D eigenvalue weighted by molar-refractivity contribution is 9.10. The Balaban J connectivity index is 2.10. The minimum atomic E-state index is -0.240. The smallest absolute Gasteiger partial charge is 0.235 e. The van der Waals surface area contributed by atoms with E-state index in [4.69, 9.17) is 0 Å². The molecule has 17 heavy (non-hydrogen) atoms. The normalized spacial score (nSPS) is 22.1. The fourth-order valence-corrected chi connectivity index (χ4v) is 3.58. The van der Waals surface area contributed by atoms with Gasteiger partial charge in [-0.3, -0.25) is 4.79 Å². The molecule has 3 rings (SSSR count). The van der Waals surface area contributed by atoms with Crippen LogP contribution >= 0.6 is 15.9 Å². The lowest BCUT2D eigenvalue weighted by Crippen LogP contribution is -2.33. The van der Waals surface area contributed by atoms with E-state index in [1.54, 1.807) is 0 Å². The van der Waals surface area contributed by atoms with Crippen molar-refractivity contribution >= 4 is 27.5 Å². The quantitative estimate of drug-likeness (QED) is 0.770. The Bertz CT molecular complexity index is 461. The molecule has 2 nitrogen and oxygen atoms in total. The topological polar surface area (TPSA) is 29.1 Å². The summed E-state index contributed by atoms with van der Waals surface area (Å²) in [6.07, 6.45) is 6.86. The van der Waals surface area contributed by atoms with Crippen LogP contribution in [0.5, 0.6) is 0 Å². The fraction of sp³-hybridized carbons (Fsp3) is 0.500. The van der Waals surface area contributed by atoms with Crippen LogP contribution in [0.3, 0.4) is 0 Å². The van der Waals surface area contributed by atoms with E-state index in [-0.39, 0.29) is 11.3 Å². The summed E-state index contributed by atoms with van der Waals surface area (Å²) in [7, 11) is 0. The fourth-order valence-electron chi connectivity index (χ4n) is 3.21. The third kappa shape index (κ3) is 1.71. The summed E-state index contributed by atoms with van der Waals surface area (Å²) in [5, 5.41) is 3.05. The van der Waals surface area contributed by atoms with Crippen molar-refractivity contribution in [2.45, 2.75) is 43.9 Å². The SMILES string of the molecule is O=C1Nc2ccc(Br)cc2C12CCCCCC2. The summed E-state index contributed by atoms with van der Waals surface area (Å²) < 4.78 is 1.07. The number of benzene rings is 1. The number of hydrogen-bond acceptors (Lipinski definition) is 1. The first-order valence-corrected chi connectivity index (χ1v) is 7.13. The molecule has 1 aromatic carbocycles. The summed E-state index contributed by atoms with van der Waals surface area (Å²) in [5.41, 5.74) is 1.98. The average molecular weight is 294 g/mol. The molecular formula is C14H16BrNO. The molecule has 0 atom stereocenters. The molecule has 0 radical (unpaired) electrons. The summed E-state index contributed by atoms with van der Waals surface area (Å²) in [4.78, 5) is 12.3. The van der Waals surface area contributed by atoms with E-state index in [9.17, 15) is 4.79 Å². The van der Waals surface area contributed by atoms with Crippen molar-refractivity contribution in [1.29, 1.82) is 0 Å². The molecule has 1 heterocycles.